The number of carbonyl (C=O) groups is 2. The first kappa shape index (κ1) is 14.4. The molecule has 2 N–H and O–H groups in total. The topological polar surface area (TPSA) is 75.6 Å². The second-order valence-electron chi connectivity index (χ2n) is 5.26. The van der Waals surface area contributed by atoms with E-state index in [9.17, 15) is 9.59 Å². The summed E-state index contributed by atoms with van der Waals surface area (Å²) < 4.78 is 5.29. The number of hydrogen-bond donors (Lipinski definition) is 2. The van der Waals surface area contributed by atoms with Crippen molar-refractivity contribution in [2.24, 2.45) is 11.8 Å². The summed E-state index contributed by atoms with van der Waals surface area (Å²) in [6.07, 6.45) is 0.429. The summed E-state index contributed by atoms with van der Waals surface area (Å²) in [5.41, 5.74) is 1.98. The Bertz CT molecular complexity index is 541. The molecular formula is C15H19NO4. The first-order chi connectivity index (χ1) is 9.43. The monoisotopic (exact) mass is 277 g/mol. The third-order valence-electron chi connectivity index (χ3n) is 3.65. The van der Waals surface area contributed by atoms with Crippen molar-refractivity contribution in [3.05, 3.63) is 29.3 Å². The fourth-order valence-electron chi connectivity index (χ4n) is 2.35. The summed E-state index contributed by atoms with van der Waals surface area (Å²) in [7, 11) is 1.59. The van der Waals surface area contributed by atoms with E-state index in [-0.39, 0.29) is 11.9 Å². The Hall–Kier alpha value is -2.04. The van der Waals surface area contributed by atoms with Crippen LogP contribution in [0.2, 0.25) is 0 Å². The van der Waals surface area contributed by atoms with Crippen molar-refractivity contribution in [3.63, 3.8) is 0 Å². The molecule has 20 heavy (non-hydrogen) atoms. The maximum absolute atomic E-state index is 12.0. The van der Waals surface area contributed by atoms with E-state index >= 15 is 0 Å². The Labute approximate surface area is 117 Å². The van der Waals surface area contributed by atoms with E-state index in [1.165, 1.54) is 0 Å². The summed E-state index contributed by atoms with van der Waals surface area (Å²) in [6.45, 7) is 3.84. The number of carbonyl (C=O) groups excluding carboxylic acids is 1. The first-order valence-electron chi connectivity index (χ1n) is 6.61. The molecule has 0 radical (unpaired) electrons. The van der Waals surface area contributed by atoms with Crippen molar-refractivity contribution >= 4 is 11.9 Å². The van der Waals surface area contributed by atoms with Crippen molar-refractivity contribution < 1.29 is 19.4 Å². The number of ether oxygens (including phenoxy) is 1. The Morgan fingerprint density at radius 3 is 2.65 bits per heavy atom. The van der Waals surface area contributed by atoms with Crippen LogP contribution in [0.15, 0.2) is 18.2 Å². The minimum absolute atomic E-state index is 0.201. The molecule has 3 atom stereocenters. The largest absolute Gasteiger partial charge is 0.496 e. The quantitative estimate of drug-likeness (QED) is 0.862. The molecule has 1 aromatic rings. The lowest BCUT2D eigenvalue weighted by atomic mass is 10.0. The second kappa shape index (κ2) is 5.53. The van der Waals surface area contributed by atoms with Gasteiger partial charge in [-0.15, -0.1) is 0 Å². The van der Waals surface area contributed by atoms with Gasteiger partial charge in [-0.05, 0) is 26.3 Å². The molecule has 1 fully saturated rings. The molecule has 0 aromatic heterocycles. The normalized spacial score (nSPS) is 21.9. The molecule has 1 aromatic carbocycles. The second-order valence-corrected chi connectivity index (χ2v) is 5.26. The molecule has 0 spiro atoms. The Balaban J connectivity index is 2.05. The molecular weight excluding hydrogens is 258 g/mol. The Kier molecular flexibility index (Phi) is 3.97. The zero-order valence-electron chi connectivity index (χ0n) is 11.8. The van der Waals surface area contributed by atoms with E-state index in [0.29, 0.717) is 12.2 Å². The van der Waals surface area contributed by atoms with E-state index in [0.717, 1.165) is 11.1 Å². The number of nitrogens with one attached hydrogen (secondary N) is 1. The lowest BCUT2D eigenvalue weighted by Gasteiger charge is -2.18. The highest BCUT2D eigenvalue weighted by atomic mass is 16.5. The number of benzene rings is 1. The van der Waals surface area contributed by atoms with Crippen molar-refractivity contribution in [2.45, 2.75) is 26.3 Å². The van der Waals surface area contributed by atoms with E-state index in [1.54, 1.807) is 7.11 Å². The average molecular weight is 277 g/mol. The highest BCUT2D eigenvalue weighted by Gasteiger charge is 2.48. The van der Waals surface area contributed by atoms with Crippen LogP contribution in [-0.2, 0) is 9.59 Å². The van der Waals surface area contributed by atoms with Gasteiger partial charge in [0.15, 0.2) is 0 Å². The maximum atomic E-state index is 12.0. The third-order valence-corrected chi connectivity index (χ3v) is 3.65. The van der Waals surface area contributed by atoms with Gasteiger partial charge >= 0.3 is 5.97 Å². The molecule has 0 aliphatic heterocycles. The summed E-state index contributed by atoms with van der Waals surface area (Å²) in [4.78, 5) is 22.8. The van der Waals surface area contributed by atoms with Crippen molar-refractivity contribution in [1.82, 2.24) is 5.32 Å². The number of methoxy groups -OCH3 is 1. The molecule has 5 heteroatoms. The Morgan fingerprint density at radius 1 is 1.40 bits per heavy atom. The molecule has 2 rings (SSSR count). The lowest BCUT2D eigenvalue weighted by molar-refractivity contribution is -0.140. The molecule has 0 bridgehead atoms. The predicted molar refractivity (Wildman–Crippen MR) is 73.5 cm³/mol. The zero-order chi connectivity index (χ0) is 14.9. The van der Waals surface area contributed by atoms with Gasteiger partial charge in [0.2, 0.25) is 5.91 Å². The van der Waals surface area contributed by atoms with Crippen LogP contribution in [0.5, 0.6) is 5.75 Å². The molecule has 0 saturated heterocycles. The fraction of sp³-hybridized carbons (Fsp3) is 0.467. The van der Waals surface area contributed by atoms with Gasteiger partial charge in [-0.3, -0.25) is 9.59 Å². The van der Waals surface area contributed by atoms with Crippen LogP contribution in [0.25, 0.3) is 0 Å². The highest BCUT2D eigenvalue weighted by molar-refractivity contribution is 5.89. The molecule has 3 unspecified atom stereocenters. The van der Waals surface area contributed by atoms with Crippen LogP contribution < -0.4 is 10.1 Å². The molecule has 1 amide bonds. The Morgan fingerprint density at radius 2 is 2.10 bits per heavy atom. The molecule has 1 aliphatic rings. The van der Waals surface area contributed by atoms with Crippen LogP contribution in [0.4, 0.5) is 0 Å². The molecule has 0 heterocycles. The molecule has 108 valence electrons. The van der Waals surface area contributed by atoms with Gasteiger partial charge in [0, 0.05) is 5.56 Å². The number of carboxylic acid groups (broad SMARTS) is 1. The van der Waals surface area contributed by atoms with Gasteiger partial charge in [-0.25, -0.2) is 0 Å². The number of carboxylic acids is 1. The van der Waals surface area contributed by atoms with Crippen molar-refractivity contribution in [1.29, 1.82) is 0 Å². The maximum Gasteiger partial charge on any atom is 0.307 e. The minimum atomic E-state index is -0.897. The fourth-order valence-corrected chi connectivity index (χ4v) is 2.35. The molecule has 1 aliphatic carbocycles. The first-order valence-corrected chi connectivity index (χ1v) is 6.61. The summed E-state index contributed by atoms with van der Waals surface area (Å²) in [5, 5.41) is 11.7. The van der Waals surface area contributed by atoms with Crippen LogP contribution in [0, 0.1) is 18.8 Å². The summed E-state index contributed by atoms with van der Waals surface area (Å²) in [6, 6.07) is 5.56. The van der Waals surface area contributed by atoms with Gasteiger partial charge in [-0.1, -0.05) is 17.7 Å². The van der Waals surface area contributed by atoms with Gasteiger partial charge in [0.25, 0.3) is 0 Å². The van der Waals surface area contributed by atoms with E-state index in [4.69, 9.17) is 9.84 Å². The average Bonchev–Trinajstić information content (AvgIpc) is 3.18. The summed E-state index contributed by atoms with van der Waals surface area (Å²) in [5.74, 6) is -1.30. The van der Waals surface area contributed by atoms with Crippen LogP contribution in [0.1, 0.15) is 30.5 Å². The number of aliphatic carboxylic acids is 1. The standard InChI is InChI=1S/C15H19NO4/c1-8-4-5-13(20-3)10(6-8)9(2)16-14(17)11-7-12(11)15(18)19/h4-6,9,11-12H,7H2,1-3H3,(H,16,17)(H,18,19). The van der Waals surface area contributed by atoms with E-state index in [2.05, 4.69) is 5.32 Å². The molecule has 1 saturated carbocycles. The molecule has 5 nitrogen and oxygen atoms in total. The zero-order valence-corrected chi connectivity index (χ0v) is 11.8. The van der Waals surface area contributed by atoms with Gasteiger partial charge in [-0.2, -0.15) is 0 Å². The van der Waals surface area contributed by atoms with Crippen molar-refractivity contribution in [2.75, 3.05) is 7.11 Å². The SMILES string of the molecule is COc1ccc(C)cc1C(C)NC(=O)C1CC1C(=O)O. The van der Waals surface area contributed by atoms with Crippen LogP contribution >= 0.6 is 0 Å². The predicted octanol–water partition coefficient (Wildman–Crippen LogP) is 1.90. The smallest absolute Gasteiger partial charge is 0.307 e. The minimum Gasteiger partial charge on any atom is -0.496 e. The van der Waals surface area contributed by atoms with Gasteiger partial charge < -0.3 is 15.2 Å². The number of amides is 1. The van der Waals surface area contributed by atoms with E-state index < -0.39 is 17.8 Å². The number of rotatable bonds is 5. The van der Waals surface area contributed by atoms with Crippen LogP contribution in [-0.4, -0.2) is 24.1 Å². The van der Waals surface area contributed by atoms with Crippen LogP contribution in [0.3, 0.4) is 0 Å². The number of hydrogen-bond acceptors (Lipinski definition) is 3. The van der Waals surface area contributed by atoms with Gasteiger partial charge in [0.1, 0.15) is 5.75 Å². The highest BCUT2D eigenvalue weighted by Crippen LogP contribution is 2.39. The number of aryl methyl sites for hydroxylation is 1. The summed E-state index contributed by atoms with van der Waals surface area (Å²) >= 11 is 0. The van der Waals surface area contributed by atoms with Gasteiger partial charge in [0.05, 0.1) is 25.0 Å². The third kappa shape index (κ3) is 2.92. The van der Waals surface area contributed by atoms with Crippen molar-refractivity contribution in [3.8, 4) is 5.75 Å². The van der Waals surface area contributed by atoms with E-state index in [1.807, 2.05) is 32.0 Å². The lowest BCUT2D eigenvalue weighted by Crippen LogP contribution is -2.29.